The van der Waals surface area contributed by atoms with Crippen LogP contribution in [-0.4, -0.2) is 59.3 Å². The smallest absolute Gasteiger partial charge is 0.332 e. The number of methoxy groups -OCH3 is 1. The Bertz CT molecular complexity index is 165. The molecule has 6 heteroatoms. The molecule has 0 bridgehead atoms. The van der Waals surface area contributed by atoms with Gasteiger partial charge in [0.15, 0.2) is 0 Å². The number of carbonyl (C=O) groups excluding carboxylic acids is 1. The molecule has 0 heterocycles. The summed E-state index contributed by atoms with van der Waals surface area (Å²) in [5, 5.41) is 0. The number of esters is 1. The number of ether oxygens (including phenoxy) is 4. The maximum Gasteiger partial charge on any atom is 0.332 e. The van der Waals surface area contributed by atoms with Crippen LogP contribution in [0.2, 0.25) is 0 Å². The van der Waals surface area contributed by atoms with Crippen molar-refractivity contribution in [1.29, 1.82) is 0 Å². The van der Waals surface area contributed by atoms with Crippen LogP contribution in [0.15, 0.2) is 0 Å². The van der Waals surface area contributed by atoms with Gasteiger partial charge in [-0.3, -0.25) is 0 Å². The van der Waals surface area contributed by atoms with Gasteiger partial charge in [-0.2, -0.15) is 0 Å². The molecule has 0 atom stereocenters. The van der Waals surface area contributed by atoms with E-state index in [-0.39, 0.29) is 12.6 Å². The zero-order valence-corrected chi connectivity index (χ0v) is 9.78. The van der Waals surface area contributed by atoms with E-state index in [4.69, 9.17) is 24.7 Å². The monoisotopic (exact) mass is 235 g/mol. The molecule has 0 amide bonds. The fourth-order valence-corrected chi connectivity index (χ4v) is 0.890. The Kier molecular flexibility index (Phi) is 11.8. The van der Waals surface area contributed by atoms with Gasteiger partial charge in [-0.1, -0.05) is 0 Å². The second kappa shape index (κ2) is 12.4. The Morgan fingerprint density at radius 2 is 1.81 bits per heavy atom. The fourth-order valence-electron chi connectivity index (χ4n) is 0.890. The first-order chi connectivity index (χ1) is 7.81. The van der Waals surface area contributed by atoms with Gasteiger partial charge in [0.25, 0.3) is 0 Å². The van der Waals surface area contributed by atoms with Crippen molar-refractivity contribution in [2.24, 2.45) is 5.73 Å². The Morgan fingerprint density at radius 1 is 1.06 bits per heavy atom. The lowest BCUT2D eigenvalue weighted by Gasteiger charge is -2.06. The van der Waals surface area contributed by atoms with E-state index < -0.39 is 0 Å². The standard InChI is InChI=1S/C10H21NO5/c1-13-4-2-5-16-10(12)9-15-8-7-14-6-3-11/h2-9,11H2,1H3. The largest absolute Gasteiger partial charge is 0.464 e. The predicted octanol–water partition coefficient (Wildman–Crippen LogP) is -0.442. The van der Waals surface area contributed by atoms with Gasteiger partial charge in [-0.15, -0.1) is 0 Å². The third-order valence-electron chi connectivity index (χ3n) is 1.61. The minimum absolute atomic E-state index is 0.0427. The molecule has 96 valence electrons. The van der Waals surface area contributed by atoms with Crippen molar-refractivity contribution in [2.75, 3.05) is 53.3 Å². The molecule has 0 aromatic heterocycles. The van der Waals surface area contributed by atoms with Crippen molar-refractivity contribution in [3.8, 4) is 0 Å². The number of hydrogen-bond acceptors (Lipinski definition) is 6. The summed E-state index contributed by atoms with van der Waals surface area (Å²) >= 11 is 0. The van der Waals surface area contributed by atoms with E-state index >= 15 is 0 Å². The van der Waals surface area contributed by atoms with Crippen molar-refractivity contribution in [1.82, 2.24) is 0 Å². The van der Waals surface area contributed by atoms with Gasteiger partial charge in [-0.25, -0.2) is 4.79 Å². The van der Waals surface area contributed by atoms with Crippen LogP contribution in [0, 0.1) is 0 Å². The molecule has 0 fully saturated rings. The molecule has 16 heavy (non-hydrogen) atoms. The molecular weight excluding hydrogens is 214 g/mol. The molecule has 0 saturated carbocycles. The number of hydrogen-bond donors (Lipinski definition) is 1. The van der Waals surface area contributed by atoms with Crippen LogP contribution in [0.4, 0.5) is 0 Å². The zero-order chi connectivity index (χ0) is 12.1. The molecule has 0 aliphatic rings. The topological polar surface area (TPSA) is 80.0 Å². The van der Waals surface area contributed by atoms with E-state index in [0.29, 0.717) is 46.0 Å². The van der Waals surface area contributed by atoms with Gasteiger partial charge in [0, 0.05) is 26.7 Å². The summed E-state index contributed by atoms with van der Waals surface area (Å²) in [4.78, 5) is 11.0. The van der Waals surface area contributed by atoms with Crippen LogP contribution < -0.4 is 5.73 Å². The highest BCUT2D eigenvalue weighted by molar-refractivity contribution is 5.70. The van der Waals surface area contributed by atoms with Gasteiger partial charge in [0.1, 0.15) is 6.61 Å². The van der Waals surface area contributed by atoms with Gasteiger partial charge < -0.3 is 24.7 Å². The van der Waals surface area contributed by atoms with E-state index in [9.17, 15) is 4.79 Å². The zero-order valence-electron chi connectivity index (χ0n) is 9.78. The molecule has 0 aliphatic carbocycles. The molecule has 2 N–H and O–H groups in total. The molecule has 0 saturated heterocycles. The SMILES string of the molecule is COCCCOC(=O)COCCOCCN. The second-order valence-corrected chi connectivity index (χ2v) is 3.02. The van der Waals surface area contributed by atoms with Crippen LogP contribution in [0.3, 0.4) is 0 Å². The van der Waals surface area contributed by atoms with Crippen LogP contribution in [0.25, 0.3) is 0 Å². The molecule has 0 radical (unpaired) electrons. The maximum atomic E-state index is 11.0. The summed E-state index contributed by atoms with van der Waals surface area (Å²) in [6.07, 6.45) is 0.696. The van der Waals surface area contributed by atoms with Crippen molar-refractivity contribution in [3.63, 3.8) is 0 Å². The van der Waals surface area contributed by atoms with Crippen molar-refractivity contribution >= 4 is 5.97 Å². The fraction of sp³-hybridized carbons (Fsp3) is 0.900. The lowest BCUT2D eigenvalue weighted by atomic mass is 10.5. The number of nitrogens with two attached hydrogens (primary N) is 1. The molecule has 0 aromatic rings. The Hall–Kier alpha value is -0.690. The third kappa shape index (κ3) is 11.4. The van der Waals surface area contributed by atoms with Crippen molar-refractivity contribution in [2.45, 2.75) is 6.42 Å². The van der Waals surface area contributed by atoms with Crippen molar-refractivity contribution in [3.05, 3.63) is 0 Å². The van der Waals surface area contributed by atoms with E-state index in [2.05, 4.69) is 0 Å². The van der Waals surface area contributed by atoms with Crippen LogP contribution in [0.1, 0.15) is 6.42 Å². The normalized spacial score (nSPS) is 10.4. The second-order valence-electron chi connectivity index (χ2n) is 3.02. The lowest BCUT2D eigenvalue weighted by Crippen LogP contribution is -2.17. The minimum Gasteiger partial charge on any atom is -0.464 e. The average molecular weight is 235 g/mol. The van der Waals surface area contributed by atoms with Gasteiger partial charge in [0.05, 0.1) is 26.4 Å². The van der Waals surface area contributed by atoms with Crippen LogP contribution in [0.5, 0.6) is 0 Å². The Labute approximate surface area is 96.0 Å². The molecule has 0 unspecified atom stereocenters. The molecule has 0 spiro atoms. The van der Waals surface area contributed by atoms with E-state index in [0.717, 1.165) is 0 Å². The summed E-state index contributed by atoms with van der Waals surface area (Å²) in [6.45, 7) is 2.70. The predicted molar refractivity (Wildman–Crippen MR) is 58.1 cm³/mol. The summed E-state index contributed by atoms with van der Waals surface area (Å²) in [6, 6.07) is 0. The van der Waals surface area contributed by atoms with Crippen LogP contribution >= 0.6 is 0 Å². The summed E-state index contributed by atoms with van der Waals surface area (Å²) in [5.41, 5.74) is 5.22. The Morgan fingerprint density at radius 3 is 2.50 bits per heavy atom. The highest BCUT2D eigenvalue weighted by Gasteiger charge is 2.02. The van der Waals surface area contributed by atoms with Crippen molar-refractivity contribution < 1.29 is 23.7 Å². The lowest BCUT2D eigenvalue weighted by molar-refractivity contribution is -0.149. The molecular formula is C10H21NO5. The summed E-state index contributed by atoms with van der Waals surface area (Å²) < 4.78 is 19.8. The van der Waals surface area contributed by atoms with Crippen LogP contribution in [-0.2, 0) is 23.7 Å². The first-order valence-electron chi connectivity index (χ1n) is 5.31. The molecule has 0 aromatic carbocycles. The third-order valence-corrected chi connectivity index (χ3v) is 1.61. The van der Waals surface area contributed by atoms with Gasteiger partial charge in [-0.05, 0) is 0 Å². The average Bonchev–Trinajstić information content (AvgIpc) is 2.29. The summed E-state index contributed by atoms with van der Waals surface area (Å²) in [7, 11) is 1.60. The molecule has 6 nitrogen and oxygen atoms in total. The first kappa shape index (κ1) is 15.3. The van der Waals surface area contributed by atoms with Gasteiger partial charge >= 0.3 is 5.97 Å². The van der Waals surface area contributed by atoms with E-state index in [1.165, 1.54) is 0 Å². The summed E-state index contributed by atoms with van der Waals surface area (Å²) in [5.74, 6) is -0.366. The molecule has 0 rings (SSSR count). The highest BCUT2D eigenvalue weighted by atomic mass is 16.6. The Balaban J connectivity index is 3.11. The first-order valence-corrected chi connectivity index (χ1v) is 5.31. The molecule has 0 aliphatic heterocycles. The highest BCUT2D eigenvalue weighted by Crippen LogP contribution is 1.87. The minimum atomic E-state index is -0.366. The quantitative estimate of drug-likeness (QED) is 0.386. The van der Waals surface area contributed by atoms with E-state index in [1.807, 2.05) is 0 Å². The van der Waals surface area contributed by atoms with Gasteiger partial charge in [0.2, 0.25) is 0 Å². The number of carbonyl (C=O) groups is 1. The van der Waals surface area contributed by atoms with E-state index in [1.54, 1.807) is 7.11 Å². The number of rotatable bonds is 11. The maximum absolute atomic E-state index is 11.0.